The van der Waals surface area contributed by atoms with E-state index in [4.69, 9.17) is 5.26 Å². The molecule has 0 N–H and O–H groups in total. The van der Waals surface area contributed by atoms with Crippen molar-refractivity contribution in [2.45, 2.75) is 19.6 Å². The van der Waals surface area contributed by atoms with Crippen LogP contribution in [0.3, 0.4) is 0 Å². The van der Waals surface area contributed by atoms with Gasteiger partial charge < -0.3 is 0 Å². The zero-order chi connectivity index (χ0) is 12.2. The Hall–Kier alpha value is -1.34. The molecule has 16 heavy (non-hydrogen) atoms. The lowest BCUT2D eigenvalue weighted by atomic mass is 10.2. The van der Waals surface area contributed by atoms with E-state index in [1.165, 1.54) is 0 Å². The molecule has 0 saturated heterocycles. The average Bonchev–Trinajstić information content (AvgIpc) is 2.16. The Balaban J connectivity index is 2.77. The maximum atomic E-state index is 11.7. The number of nitriles is 1. The summed E-state index contributed by atoms with van der Waals surface area (Å²) in [4.78, 5) is 0. The molecule has 0 aliphatic carbocycles. The predicted octanol–water partition coefficient (Wildman–Crippen LogP) is 2.13. The lowest BCUT2D eigenvalue weighted by Gasteiger charge is -2.06. The van der Waals surface area contributed by atoms with Crippen molar-refractivity contribution in [1.29, 1.82) is 5.26 Å². The number of sulfone groups is 1. The van der Waals surface area contributed by atoms with E-state index < -0.39 is 9.84 Å². The summed E-state index contributed by atoms with van der Waals surface area (Å²) in [7, 11) is -3.04. The highest BCUT2D eigenvalue weighted by Crippen LogP contribution is 2.10. The molecule has 1 rings (SSSR count). The van der Waals surface area contributed by atoms with Crippen LogP contribution in [-0.2, 0) is 15.6 Å². The van der Waals surface area contributed by atoms with Crippen LogP contribution in [0, 0.1) is 17.2 Å². The Kier molecular flexibility index (Phi) is 4.08. The Labute approximate surface area is 96.6 Å². The minimum atomic E-state index is -3.04. The highest BCUT2D eigenvalue weighted by atomic mass is 32.2. The first-order valence-electron chi connectivity index (χ1n) is 5.12. The lowest BCUT2D eigenvalue weighted by molar-refractivity contribution is 0.581. The Morgan fingerprint density at radius 1 is 1.25 bits per heavy atom. The molecular weight excluding hydrogens is 222 g/mol. The third kappa shape index (κ3) is 4.03. The summed E-state index contributed by atoms with van der Waals surface area (Å²) in [5, 5.41) is 8.61. The standard InChI is InChI=1S/C12H15NO2S/c1-10(2)8-16(14,15)9-12-5-3-11(7-13)4-6-12/h3-6,10H,8-9H2,1-2H3. The highest BCUT2D eigenvalue weighted by Gasteiger charge is 2.13. The van der Waals surface area contributed by atoms with Gasteiger partial charge in [0.2, 0.25) is 0 Å². The molecule has 0 radical (unpaired) electrons. The summed E-state index contributed by atoms with van der Waals surface area (Å²) in [6.45, 7) is 3.77. The van der Waals surface area contributed by atoms with Crippen LogP contribution in [0.25, 0.3) is 0 Å². The number of benzene rings is 1. The number of hydrogen-bond acceptors (Lipinski definition) is 3. The van der Waals surface area contributed by atoms with Crippen LogP contribution in [0.5, 0.6) is 0 Å². The van der Waals surface area contributed by atoms with Gasteiger partial charge in [-0.1, -0.05) is 26.0 Å². The van der Waals surface area contributed by atoms with Crippen molar-refractivity contribution >= 4 is 9.84 Å². The molecule has 1 aromatic rings. The SMILES string of the molecule is CC(C)CS(=O)(=O)Cc1ccc(C#N)cc1. The fraction of sp³-hybridized carbons (Fsp3) is 0.417. The number of rotatable bonds is 4. The van der Waals surface area contributed by atoms with Gasteiger partial charge in [0.05, 0.1) is 23.1 Å². The molecule has 0 amide bonds. The zero-order valence-corrected chi connectivity index (χ0v) is 10.3. The summed E-state index contributed by atoms with van der Waals surface area (Å²) in [5.74, 6) is 0.396. The topological polar surface area (TPSA) is 57.9 Å². The second-order valence-corrected chi connectivity index (χ2v) is 6.37. The maximum Gasteiger partial charge on any atom is 0.154 e. The number of nitrogens with zero attached hydrogens (tertiary/aromatic N) is 1. The van der Waals surface area contributed by atoms with Gasteiger partial charge in [-0.25, -0.2) is 8.42 Å². The zero-order valence-electron chi connectivity index (χ0n) is 9.47. The van der Waals surface area contributed by atoms with Gasteiger partial charge in [0.15, 0.2) is 9.84 Å². The van der Waals surface area contributed by atoms with Crippen molar-refractivity contribution in [3.05, 3.63) is 35.4 Å². The van der Waals surface area contributed by atoms with Crippen molar-refractivity contribution in [3.8, 4) is 6.07 Å². The molecule has 0 aliphatic rings. The second kappa shape index (κ2) is 5.13. The molecular formula is C12H15NO2S. The van der Waals surface area contributed by atoms with Gasteiger partial charge in [0.25, 0.3) is 0 Å². The Bertz CT molecular complexity index is 481. The molecule has 0 spiro atoms. The molecule has 0 saturated carbocycles. The van der Waals surface area contributed by atoms with Crippen molar-refractivity contribution in [2.24, 2.45) is 5.92 Å². The minimum Gasteiger partial charge on any atom is -0.228 e. The normalized spacial score (nSPS) is 11.4. The van der Waals surface area contributed by atoms with E-state index in [1.54, 1.807) is 24.3 Å². The molecule has 0 bridgehead atoms. The fourth-order valence-corrected chi connectivity index (χ4v) is 3.33. The summed E-state index contributed by atoms with van der Waals surface area (Å²) in [6, 6.07) is 8.66. The van der Waals surface area contributed by atoms with Crippen LogP contribution >= 0.6 is 0 Å². The summed E-state index contributed by atoms with van der Waals surface area (Å²) in [6.07, 6.45) is 0. The molecule has 0 aromatic heterocycles. The van der Waals surface area contributed by atoms with Crippen molar-refractivity contribution in [2.75, 3.05) is 5.75 Å². The first-order valence-corrected chi connectivity index (χ1v) is 6.94. The van der Waals surface area contributed by atoms with Crippen molar-refractivity contribution in [3.63, 3.8) is 0 Å². The molecule has 0 fully saturated rings. The van der Waals surface area contributed by atoms with Gasteiger partial charge in [0, 0.05) is 0 Å². The number of hydrogen-bond donors (Lipinski definition) is 0. The van der Waals surface area contributed by atoms with E-state index in [9.17, 15) is 8.42 Å². The summed E-state index contributed by atoms with van der Waals surface area (Å²) < 4.78 is 23.4. The van der Waals surface area contributed by atoms with Crippen LogP contribution in [0.4, 0.5) is 0 Å². The van der Waals surface area contributed by atoms with Crippen LogP contribution in [0.2, 0.25) is 0 Å². The molecule has 86 valence electrons. The molecule has 0 heterocycles. The van der Waals surface area contributed by atoms with Crippen LogP contribution in [0.1, 0.15) is 25.0 Å². The van der Waals surface area contributed by atoms with E-state index in [1.807, 2.05) is 19.9 Å². The monoisotopic (exact) mass is 237 g/mol. The highest BCUT2D eigenvalue weighted by molar-refractivity contribution is 7.90. The largest absolute Gasteiger partial charge is 0.228 e. The quantitative estimate of drug-likeness (QED) is 0.806. The van der Waals surface area contributed by atoms with Gasteiger partial charge in [-0.2, -0.15) is 5.26 Å². The lowest BCUT2D eigenvalue weighted by Crippen LogP contribution is -2.13. The van der Waals surface area contributed by atoms with Gasteiger partial charge in [-0.3, -0.25) is 0 Å². The molecule has 0 unspecified atom stereocenters. The van der Waals surface area contributed by atoms with E-state index >= 15 is 0 Å². The molecule has 0 atom stereocenters. The second-order valence-electron chi connectivity index (χ2n) is 4.26. The van der Waals surface area contributed by atoms with Crippen LogP contribution < -0.4 is 0 Å². The molecule has 3 nitrogen and oxygen atoms in total. The smallest absolute Gasteiger partial charge is 0.154 e. The predicted molar refractivity (Wildman–Crippen MR) is 63.5 cm³/mol. The van der Waals surface area contributed by atoms with Crippen molar-refractivity contribution in [1.82, 2.24) is 0 Å². The average molecular weight is 237 g/mol. The Morgan fingerprint density at radius 2 is 1.81 bits per heavy atom. The van der Waals surface area contributed by atoms with Gasteiger partial charge in [0.1, 0.15) is 0 Å². The van der Waals surface area contributed by atoms with E-state index in [0.29, 0.717) is 5.56 Å². The fourth-order valence-electron chi connectivity index (χ4n) is 1.50. The van der Waals surface area contributed by atoms with E-state index in [-0.39, 0.29) is 17.4 Å². The molecule has 1 aromatic carbocycles. The first kappa shape index (κ1) is 12.7. The van der Waals surface area contributed by atoms with E-state index in [0.717, 1.165) is 5.56 Å². The Morgan fingerprint density at radius 3 is 2.25 bits per heavy atom. The maximum absolute atomic E-state index is 11.7. The van der Waals surface area contributed by atoms with Crippen molar-refractivity contribution < 1.29 is 8.42 Å². The van der Waals surface area contributed by atoms with Gasteiger partial charge in [-0.05, 0) is 23.6 Å². The van der Waals surface area contributed by atoms with Crippen LogP contribution in [0.15, 0.2) is 24.3 Å². The van der Waals surface area contributed by atoms with E-state index in [2.05, 4.69) is 0 Å². The van der Waals surface area contributed by atoms with Gasteiger partial charge >= 0.3 is 0 Å². The third-order valence-electron chi connectivity index (χ3n) is 2.06. The summed E-state index contributed by atoms with van der Waals surface area (Å²) in [5.41, 5.74) is 1.28. The van der Waals surface area contributed by atoms with Gasteiger partial charge in [-0.15, -0.1) is 0 Å². The molecule has 4 heteroatoms. The third-order valence-corrected chi connectivity index (χ3v) is 4.00. The summed E-state index contributed by atoms with van der Waals surface area (Å²) >= 11 is 0. The first-order chi connectivity index (χ1) is 7.43. The molecule has 0 aliphatic heterocycles. The van der Waals surface area contributed by atoms with Crippen LogP contribution in [-0.4, -0.2) is 14.2 Å². The minimum absolute atomic E-state index is 0.0525.